The number of rotatable bonds is 9. The van der Waals surface area contributed by atoms with E-state index in [-0.39, 0.29) is 0 Å². The van der Waals surface area contributed by atoms with Crippen LogP contribution < -0.4 is 14.2 Å². The average molecular weight is 453 g/mol. The van der Waals surface area contributed by atoms with E-state index in [0.29, 0.717) is 46.6 Å². The molecule has 0 N–H and O–H groups in total. The highest BCUT2D eigenvalue weighted by Crippen LogP contribution is 2.40. The van der Waals surface area contributed by atoms with Crippen molar-refractivity contribution in [2.75, 3.05) is 47.5 Å². The van der Waals surface area contributed by atoms with Crippen molar-refractivity contribution in [3.8, 4) is 28.6 Å². The van der Waals surface area contributed by atoms with E-state index in [4.69, 9.17) is 18.7 Å². The third-order valence-corrected chi connectivity index (χ3v) is 5.80. The number of hydrogen-bond acceptors (Lipinski definition) is 9. The van der Waals surface area contributed by atoms with Crippen LogP contribution in [0.25, 0.3) is 11.4 Å². The third-order valence-electron chi connectivity index (χ3n) is 5.80. The number of aromatic nitrogens is 2. The quantitative estimate of drug-likeness (QED) is 0.455. The normalized spacial score (nSPS) is 14.8. The molecule has 3 aromatic rings. The Morgan fingerprint density at radius 1 is 0.909 bits per heavy atom. The second-order valence-corrected chi connectivity index (χ2v) is 7.76. The Hall–Kier alpha value is -3.43. The maximum atomic E-state index is 11.3. The SMILES string of the molecule is COc1ccc(CN2CCN(Cc3nc(-c4ccccc4C=O)no3)CC2)c(OC)c1OC. The molecule has 0 amide bonds. The van der Waals surface area contributed by atoms with Crippen LogP contribution in [0.4, 0.5) is 0 Å². The van der Waals surface area contributed by atoms with Crippen molar-refractivity contribution in [2.24, 2.45) is 0 Å². The van der Waals surface area contributed by atoms with Crippen LogP contribution in [0.2, 0.25) is 0 Å². The van der Waals surface area contributed by atoms with Gasteiger partial charge in [0.2, 0.25) is 17.5 Å². The van der Waals surface area contributed by atoms with Gasteiger partial charge < -0.3 is 18.7 Å². The highest BCUT2D eigenvalue weighted by Gasteiger charge is 2.23. The second kappa shape index (κ2) is 10.5. The topological polar surface area (TPSA) is 90.2 Å². The van der Waals surface area contributed by atoms with Crippen molar-refractivity contribution in [3.63, 3.8) is 0 Å². The molecular weight excluding hydrogens is 424 g/mol. The first kappa shape index (κ1) is 22.8. The first-order valence-corrected chi connectivity index (χ1v) is 10.8. The van der Waals surface area contributed by atoms with Gasteiger partial charge in [0.1, 0.15) is 0 Å². The van der Waals surface area contributed by atoms with Crippen molar-refractivity contribution in [2.45, 2.75) is 13.1 Å². The minimum atomic E-state index is 0.437. The number of aldehydes is 1. The van der Waals surface area contributed by atoms with Crippen molar-refractivity contribution >= 4 is 6.29 Å². The molecule has 0 spiro atoms. The summed E-state index contributed by atoms with van der Waals surface area (Å²) in [7, 11) is 4.87. The van der Waals surface area contributed by atoms with Gasteiger partial charge in [-0.25, -0.2) is 0 Å². The van der Waals surface area contributed by atoms with Gasteiger partial charge in [0.05, 0.1) is 27.9 Å². The van der Waals surface area contributed by atoms with Gasteiger partial charge in [0.15, 0.2) is 17.8 Å². The fraction of sp³-hybridized carbons (Fsp3) is 0.375. The summed E-state index contributed by atoms with van der Waals surface area (Å²) in [5.41, 5.74) is 2.28. The summed E-state index contributed by atoms with van der Waals surface area (Å²) in [5.74, 6) is 2.94. The molecule has 1 aromatic heterocycles. The minimum absolute atomic E-state index is 0.437. The summed E-state index contributed by atoms with van der Waals surface area (Å²) >= 11 is 0. The lowest BCUT2D eigenvalue weighted by atomic mass is 10.1. The average Bonchev–Trinajstić information content (AvgIpc) is 3.33. The molecule has 4 rings (SSSR count). The van der Waals surface area contributed by atoms with E-state index in [2.05, 4.69) is 19.9 Å². The Bertz CT molecular complexity index is 1090. The summed E-state index contributed by atoms with van der Waals surface area (Å²) < 4.78 is 21.9. The third kappa shape index (κ3) is 4.99. The molecule has 1 saturated heterocycles. The Morgan fingerprint density at radius 2 is 1.61 bits per heavy atom. The molecular formula is C24H28N4O5. The molecule has 2 aromatic carbocycles. The lowest BCUT2D eigenvalue weighted by Gasteiger charge is -2.34. The van der Waals surface area contributed by atoms with Gasteiger partial charge in [0.25, 0.3) is 0 Å². The summed E-state index contributed by atoms with van der Waals surface area (Å²) in [6.45, 7) is 4.86. The van der Waals surface area contributed by atoms with E-state index >= 15 is 0 Å². The van der Waals surface area contributed by atoms with E-state index in [1.54, 1.807) is 27.4 Å². The second-order valence-electron chi connectivity index (χ2n) is 7.76. The number of carbonyl (C=O) groups is 1. The van der Waals surface area contributed by atoms with E-state index in [0.717, 1.165) is 44.6 Å². The highest BCUT2D eigenvalue weighted by atomic mass is 16.5. The van der Waals surface area contributed by atoms with Gasteiger partial charge in [-0.3, -0.25) is 14.6 Å². The zero-order valence-corrected chi connectivity index (χ0v) is 19.1. The smallest absolute Gasteiger partial charge is 0.241 e. The molecule has 1 aliphatic heterocycles. The lowest BCUT2D eigenvalue weighted by molar-refractivity contribution is 0.111. The van der Waals surface area contributed by atoms with Crippen LogP contribution in [0.15, 0.2) is 40.9 Å². The largest absolute Gasteiger partial charge is 0.493 e. The maximum Gasteiger partial charge on any atom is 0.241 e. The number of ether oxygens (including phenoxy) is 3. The Kier molecular flexibility index (Phi) is 7.21. The fourth-order valence-electron chi connectivity index (χ4n) is 4.06. The first-order valence-electron chi connectivity index (χ1n) is 10.8. The molecule has 33 heavy (non-hydrogen) atoms. The van der Waals surface area contributed by atoms with Crippen molar-refractivity contribution in [1.29, 1.82) is 0 Å². The van der Waals surface area contributed by atoms with Crippen molar-refractivity contribution in [3.05, 3.63) is 53.4 Å². The van der Waals surface area contributed by atoms with Crippen LogP contribution in [0.3, 0.4) is 0 Å². The lowest BCUT2D eigenvalue weighted by Crippen LogP contribution is -2.45. The molecule has 0 bridgehead atoms. The van der Waals surface area contributed by atoms with Gasteiger partial charge in [-0.05, 0) is 6.07 Å². The number of benzene rings is 2. The molecule has 0 unspecified atom stereocenters. The minimum Gasteiger partial charge on any atom is -0.493 e. The van der Waals surface area contributed by atoms with Crippen molar-refractivity contribution in [1.82, 2.24) is 19.9 Å². The monoisotopic (exact) mass is 452 g/mol. The Balaban J connectivity index is 1.36. The van der Waals surface area contributed by atoms with Crippen LogP contribution >= 0.6 is 0 Å². The van der Waals surface area contributed by atoms with Crippen LogP contribution in [-0.4, -0.2) is 73.7 Å². The van der Waals surface area contributed by atoms with E-state index < -0.39 is 0 Å². The molecule has 0 aliphatic carbocycles. The Labute approximate surface area is 192 Å². The predicted octanol–water partition coefficient (Wildman–Crippen LogP) is 2.89. The molecule has 2 heterocycles. The molecule has 0 radical (unpaired) electrons. The number of hydrogen-bond donors (Lipinski definition) is 0. The van der Waals surface area contributed by atoms with Crippen LogP contribution in [-0.2, 0) is 13.1 Å². The Morgan fingerprint density at radius 3 is 2.27 bits per heavy atom. The first-order chi connectivity index (χ1) is 16.2. The maximum absolute atomic E-state index is 11.3. The van der Waals surface area contributed by atoms with Gasteiger partial charge in [-0.2, -0.15) is 4.98 Å². The standard InChI is InChI=1S/C24H28N4O5/c1-30-20-9-8-17(22(31-2)23(20)32-3)14-27-10-12-28(13-11-27)15-21-25-24(26-33-21)19-7-5-4-6-18(19)16-29/h4-9,16H,10-15H2,1-3H3. The van der Waals surface area contributed by atoms with Gasteiger partial charge in [-0.1, -0.05) is 35.5 Å². The zero-order chi connectivity index (χ0) is 23.2. The molecule has 0 atom stereocenters. The van der Waals surface area contributed by atoms with Crippen LogP contribution in [0.1, 0.15) is 21.8 Å². The molecule has 0 saturated carbocycles. The van der Waals surface area contributed by atoms with E-state index in [1.165, 1.54) is 0 Å². The van der Waals surface area contributed by atoms with E-state index in [1.807, 2.05) is 30.3 Å². The highest BCUT2D eigenvalue weighted by molar-refractivity contribution is 5.85. The number of carbonyl (C=O) groups excluding carboxylic acids is 1. The zero-order valence-electron chi connectivity index (χ0n) is 19.1. The summed E-state index contributed by atoms with van der Waals surface area (Å²) in [4.78, 5) is 20.4. The van der Waals surface area contributed by atoms with Gasteiger partial charge >= 0.3 is 0 Å². The molecule has 1 aliphatic rings. The van der Waals surface area contributed by atoms with Gasteiger partial charge in [-0.15, -0.1) is 0 Å². The molecule has 174 valence electrons. The van der Waals surface area contributed by atoms with Gasteiger partial charge in [0, 0.05) is 49.4 Å². The molecule has 9 nitrogen and oxygen atoms in total. The summed E-state index contributed by atoms with van der Waals surface area (Å²) in [5, 5.41) is 4.06. The number of piperazine rings is 1. The molecule has 1 fully saturated rings. The molecule has 9 heteroatoms. The number of nitrogens with zero attached hydrogens (tertiary/aromatic N) is 4. The predicted molar refractivity (Wildman–Crippen MR) is 122 cm³/mol. The fourth-order valence-corrected chi connectivity index (χ4v) is 4.06. The van der Waals surface area contributed by atoms with Crippen LogP contribution in [0, 0.1) is 0 Å². The van der Waals surface area contributed by atoms with Crippen LogP contribution in [0.5, 0.6) is 17.2 Å². The van der Waals surface area contributed by atoms with Crippen molar-refractivity contribution < 1.29 is 23.5 Å². The summed E-state index contributed by atoms with van der Waals surface area (Å²) in [6.07, 6.45) is 0.804. The summed E-state index contributed by atoms with van der Waals surface area (Å²) in [6, 6.07) is 11.1. The van der Waals surface area contributed by atoms with E-state index in [9.17, 15) is 4.79 Å². The number of methoxy groups -OCH3 is 3.